The number of methoxy groups -OCH3 is 1. The van der Waals surface area contributed by atoms with Crippen molar-refractivity contribution in [3.05, 3.63) is 30.0 Å². The fraction of sp³-hybridized carbons (Fsp3) is 0.591. The van der Waals surface area contributed by atoms with Gasteiger partial charge in [-0.25, -0.2) is 8.42 Å². The monoisotopic (exact) mass is 433 g/mol. The lowest BCUT2D eigenvalue weighted by atomic mass is 9.67. The molecule has 2 fully saturated rings. The summed E-state index contributed by atoms with van der Waals surface area (Å²) >= 11 is 0. The number of rotatable bonds is 6. The van der Waals surface area contributed by atoms with Gasteiger partial charge in [0.15, 0.2) is 0 Å². The summed E-state index contributed by atoms with van der Waals surface area (Å²) in [6, 6.07) is 5.70. The van der Waals surface area contributed by atoms with Gasteiger partial charge in [-0.1, -0.05) is 19.8 Å². The predicted molar refractivity (Wildman–Crippen MR) is 117 cm³/mol. The molecule has 1 aromatic carbocycles. The van der Waals surface area contributed by atoms with Crippen molar-refractivity contribution >= 4 is 26.8 Å². The molecule has 30 heavy (non-hydrogen) atoms. The third-order valence-corrected chi connectivity index (χ3v) is 8.87. The Morgan fingerprint density at radius 2 is 2.17 bits per heavy atom. The highest BCUT2D eigenvalue weighted by molar-refractivity contribution is 7.89. The van der Waals surface area contributed by atoms with E-state index in [1.807, 2.05) is 31.3 Å². The van der Waals surface area contributed by atoms with Gasteiger partial charge in [-0.05, 0) is 49.4 Å². The van der Waals surface area contributed by atoms with E-state index in [0.717, 1.165) is 47.9 Å². The zero-order valence-corrected chi connectivity index (χ0v) is 18.6. The van der Waals surface area contributed by atoms with Crippen LogP contribution in [0.25, 0.3) is 10.9 Å². The third-order valence-electron chi connectivity index (χ3n) is 6.92. The molecule has 164 valence electrons. The fourth-order valence-corrected chi connectivity index (χ4v) is 7.27. The molecule has 0 unspecified atom stereocenters. The molecule has 4 rings (SSSR count). The number of nitrogens with zero attached hydrogens (tertiary/aromatic N) is 1. The molecule has 2 aliphatic rings. The molecule has 1 aliphatic carbocycles. The smallest absolute Gasteiger partial charge is 0.227 e. The van der Waals surface area contributed by atoms with Gasteiger partial charge >= 0.3 is 0 Å². The molecule has 8 heteroatoms. The van der Waals surface area contributed by atoms with Crippen LogP contribution in [-0.4, -0.2) is 55.6 Å². The Morgan fingerprint density at radius 3 is 2.93 bits per heavy atom. The Labute approximate surface area is 178 Å². The van der Waals surface area contributed by atoms with Gasteiger partial charge in [0.1, 0.15) is 5.75 Å². The van der Waals surface area contributed by atoms with E-state index < -0.39 is 15.4 Å². The van der Waals surface area contributed by atoms with E-state index in [2.05, 4.69) is 10.3 Å². The largest absolute Gasteiger partial charge is 0.497 e. The van der Waals surface area contributed by atoms with E-state index in [1.54, 1.807) is 11.4 Å². The first-order valence-corrected chi connectivity index (χ1v) is 12.4. The van der Waals surface area contributed by atoms with Crippen LogP contribution < -0.4 is 10.1 Å². The first-order valence-electron chi connectivity index (χ1n) is 10.8. The van der Waals surface area contributed by atoms with E-state index in [1.165, 1.54) is 0 Å². The third kappa shape index (κ3) is 3.60. The molecule has 1 saturated carbocycles. The molecule has 2 N–H and O–H groups in total. The number of nitrogens with one attached hydrogen (secondary N) is 2. The number of carbonyl (C=O) groups is 1. The van der Waals surface area contributed by atoms with E-state index in [-0.39, 0.29) is 17.7 Å². The topological polar surface area (TPSA) is 91.5 Å². The van der Waals surface area contributed by atoms with Crippen LogP contribution in [0.15, 0.2) is 24.4 Å². The molecule has 0 spiro atoms. The van der Waals surface area contributed by atoms with Crippen molar-refractivity contribution in [1.82, 2.24) is 14.6 Å². The molecule has 1 saturated heterocycles. The second-order valence-electron chi connectivity index (χ2n) is 8.42. The lowest BCUT2D eigenvalue weighted by Gasteiger charge is -2.50. The Bertz CT molecular complexity index is 1030. The maximum Gasteiger partial charge on any atom is 0.227 e. The summed E-state index contributed by atoms with van der Waals surface area (Å²) in [5.74, 6) is 0.880. The minimum absolute atomic E-state index is 0.0120. The number of aromatic nitrogens is 1. The van der Waals surface area contributed by atoms with E-state index in [4.69, 9.17) is 4.74 Å². The van der Waals surface area contributed by atoms with Crippen molar-refractivity contribution in [2.75, 3.05) is 26.0 Å². The number of benzene rings is 1. The van der Waals surface area contributed by atoms with Crippen LogP contribution in [-0.2, 0) is 21.2 Å². The number of hydrogen-bond acceptors (Lipinski definition) is 4. The summed E-state index contributed by atoms with van der Waals surface area (Å²) in [5, 5.41) is 4.24. The van der Waals surface area contributed by atoms with Crippen molar-refractivity contribution < 1.29 is 17.9 Å². The number of aromatic amines is 1. The van der Waals surface area contributed by atoms with E-state index in [9.17, 15) is 13.2 Å². The lowest BCUT2D eigenvalue weighted by molar-refractivity contribution is -0.137. The maximum atomic E-state index is 13.4. The van der Waals surface area contributed by atoms with Crippen molar-refractivity contribution in [3.8, 4) is 5.75 Å². The number of ether oxygens (including phenoxy) is 1. The zero-order chi connectivity index (χ0) is 21.4. The van der Waals surface area contributed by atoms with Crippen molar-refractivity contribution in [1.29, 1.82) is 0 Å². The number of fused-ring (bicyclic) bond motifs is 2. The highest BCUT2D eigenvalue weighted by Gasteiger charge is 2.54. The standard InChI is InChI=1S/C22H31N3O4S/c1-3-25-20-6-4-5-10-22(20,11-13-30(25,27)28)21(26)23-12-9-16-15-24-19-8-7-17(29-2)14-18(16)19/h7-8,14-15,20,24H,3-6,9-13H2,1-2H3,(H,23,26)/t20-,22-/m1/s1. The van der Waals surface area contributed by atoms with Crippen LogP contribution >= 0.6 is 0 Å². The summed E-state index contributed by atoms with van der Waals surface area (Å²) in [5.41, 5.74) is 1.57. The van der Waals surface area contributed by atoms with Gasteiger partial charge in [0.2, 0.25) is 15.9 Å². The average Bonchev–Trinajstić information content (AvgIpc) is 3.15. The first-order chi connectivity index (χ1) is 14.4. The van der Waals surface area contributed by atoms with Gasteiger partial charge in [-0.3, -0.25) is 4.79 Å². The van der Waals surface area contributed by atoms with Gasteiger partial charge in [0.25, 0.3) is 0 Å². The molecule has 1 aliphatic heterocycles. The quantitative estimate of drug-likeness (QED) is 0.733. The summed E-state index contributed by atoms with van der Waals surface area (Å²) in [7, 11) is -1.61. The van der Waals surface area contributed by atoms with Gasteiger partial charge in [-0.2, -0.15) is 4.31 Å². The summed E-state index contributed by atoms with van der Waals surface area (Å²) in [6.07, 6.45) is 6.58. The Balaban J connectivity index is 1.48. The van der Waals surface area contributed by atoms with Gasteiger partial charge in [-0.15, -0.1) is 0 Å². The Morgan fingerprint density at radius 1 is 1.33 bits per heavy atom. The van der Waals surface area contributed by atoms with Crippen LogP contribution in [0.2, 0.25) is 0 Å². The number of hydrogen-bond donors (Lipinski definition) is 2. The molecule has 2 aromatic rings. The van der Waals surface area contributed by atoms with Gasteiger partial charge < -0.3 is 15.0 Å². The number of carbonyl (C=O) groups excluding carboxylic acids is 1. The second-order valence-corrected chi connectivity index (χ2v) is 10.5. The van der Waals surface area contributed by atoms with Gasteiger partial charge in [0, 0.05) is 36.2 Å². The highest BCUT2D eigenvalue weighted by Crippen LogP contribution is 2.46. The minimum atomic E-state index is -3.27. The van der Waals surface area contributed by atoms with Crippen molar-refractivity contribution in [2.45, 2.75) is 51.5 Å². The summed E-state index contributed by atoms with van der Waals surface area (Å²) < 4.78 is 32.0. The number of sulfonamides is 1. The minimum Gasteiger partial charge on any atom is -0.497 e. The van der Waals surface area contributed by atoms with Crippen LogP contribution in [0.1, 0.15) is 44.6 Å². The summed E-state index contributed by atoms with van der Waals surface area (Å²) in [6.45, 7) is 2.82. The van der Waals surface area contributed by atoms with E-state index >= 15 is 0 Å². The highest BCUT2D eigenvalue weighted by atomic mass is 32.2. The molecule has 2 atom stereocenters. The van der Waals surface area contributed by atoms with Crippen LogP contribution in [0, 0.1) is 5.41 Å². The maximum absolute atomic E-state index is 13.4. The molecule has 0 radical (unpaired) electrons. The molecule has 1 aromatic heterocycles. The van der Waals surface area contributed by atoms with Crippen LogP contribution in [0.5, 0.6) is 5.75 Å². The van der Waals surface area contributed by atoms with Gasteiger partial charge in [0.05, 0.1) is 18.3 Å². The molecule has 2 heterocycles. The van der Waals surface area contributed by atoms with Crippen molar-refractivity contribution in [2.24, 2.45) is 5.41 Å². The van der Waals surface area contributed by atoms with Crippen molar-refractivity contribution in [3.63, 3.8) is 0 Å². The molecular formula is C22H31N3O4S. The fourth-order valence-electron chi connectivity index (χ4n) is 5.33. The molecular weight excluding hydrogens is 402 g/mol. The van der Waals surface area contributed by atoms with Crippen LogP contribution in [0.4, 0.5) is 0 Å². The Kier molecular flexibility index (Phi) is 5.81. The molecule has 1 amide bonds. The average molecular weight is 434 g/mol. The SMILES string of the molecule is CCN1[C@@H]2CCCC[C@@]2(C(=O)NCCc2c[nH]c3ccc(OC)cc23)CCS1(=O)=O. The molecule has 7 nitrogen and oxygen atoms in total. The zero-order valence-electron chi connectivity index (χ0n) is 17.7. The Hall–Kier alpha value is -2.06. The first kappa shape index (κ1) is 21.2. The number of amides is 1. The normalized spacial score (nSPS) is 26.3. The van der Waals surface area contributed by atoms with E-state index in [0.29, 0.717) is 25.9 Å². The number of H-pyrrole nitrogens is 1. The lowest BCUT2D eigenvalue weighted by Crippen LogP contribution is -2.62. The summed E-state index contributed by atoms with van der Waals surface area (Å²) in [4.78, 5) is 16.6. The molecule has 0 bridgehead atoms. The second kappa shape index (κ2) is 8.23. The van der Waals surface area contributed by atoms with Crippen LogP contribution in [0.3, 0.4) is 0 Å². The predicted octanol–water partition coefficient (Wildman–Crippen LogP) is 2.82.